The second-order valence-electron chi connectivity index (χ2n) is 14.4. The number of fused-ring (bicyclic) bond motifs is 1. The number of hydrogen-bond donors (Lipinski definition) is 0. The lowest BCUT2D eigenvalue weighted by Crippen LogP contribution is -2.90. The molecule has 264 valence electrons. The number of imide groups is 1. The second-order valence-corrected chi connectivity index (χ2v) is 22.3. The molecule has 1 heterocycles. The maximum Gasteiger partial charge on any atom is 0.233 e. The molecule has 0 spiro atoms. The van der Waals surface area contributed by atoms with Gasteiger partial charge in [0.15, 0.2) is 0 Å². The number of benzene rings is 6. The van der Waals surface area contributed by atoms with Crippen molar-refractivity contribution in [2.24, 2.45) is 11.8 Å². The summed E-state index contributed by atoms with van der Waals surface area (Å²) in [4.78, 5) is 29.3. The first kappa shape index (κ1) is 34.9. The summed E-state index contributed by atoms with van der Waals surface area (Å²) >= 11 is 0. The average Bonchev–Trinajstić information content (AvgIpc) is 3.48. The van der Waals surface area contributed by atoms with Gasteiger partial charge in [0.1, 0.15) is 0 Å². The molecule has 1 aliphatic heterocycles. The van der Waals surface area contributed by atoms with E-state index in [9.17, 15) is 9.59 Å². The molecule has 53 heavy (non-hydrogen) atoms. The van der Waals surface area contributed by atoms with Crippen LogP contribution in [0.5, 0.6) is 0 Å². The summed E-state index contributed by atoms with van der Waals surface area (Å²) in [5, 5.41) is 7.81. The van der Waals surface area contributed by atoms with Crippen molar-refractivity contribution in [1.82, 2.24) is 9.13 Å². The highest BCUT2D eigenvalue weighted by Gasteiger charge is 2.57. The van der Waals surface area contributed by atoms with Crippen LogP contribution in [0.3, 0.4) is 0 Å². The predicted molar refractivity (Wildman–Crippen MR) is 221 cm³/mol. The van der Waals surface area contributed by atoms with Gasteiger partial charge in [0.2, 0.25) is 28.3 Å². The quantitative estimate of drug-likeness (QED) is 0.0992. The van der Waals surface area contributed by atoms with Gasteiger partial charge in [-0.3, -0.25) is 14.5 Å². The van der Waals surface area contributed by atoms with Crippen LogP contribution in [-0.4, -0.2) is 50.5 Å². The van der Waals surface area contributed by atoms with Gasteiger partial charge in [0, 0.05) is 6.54 Å². The van der Waals surface area contributed by atoms with E-state index in [0.717, 1.165) is 25.7 Å². The smallest absolute Gasteiger partial charge is 0.233 e. The van der Waals surface area contributed by atoms with E-state index in [-0.39, 0.29) is 23.7 Å². The molecule has 6 aromatic carbocycles. The lowest BCUT2D eigenvalue weighted by molar-refractivity contribution is -0.139. The minimum atomic E-state index is -3.17. The molecule has 4 nitrogen and oxygen atoms in total. The molecule has 6 aromatic rings. The fourth-order valence-electron chi connectivity index (χ4n) is 9.44. The van der Waals surface area contributed by atoms with Gasteiger partial charge in [-0.05, 0) is 56.9 Å². The summed E-state index contributed by atoms with van der Waals surface area (Å²) < 4.78 is 2.96. The molecule has 2 aliphatic rings. The molecule has 1 saturated heterocycles. The summed E-state index contributed by atoms with van der Waals surface area (Å²) in [7, 11) is -6.34. The van der Waals surface area contributed by atoms with Gasteiger partial charge in [0.05, 0.1) is 11.8 Å². The predicted octanol–water partition coefficient (Wildman–Crippen LogP) is 5.19. The normalized spacial score (nSPS) is 17.6. The van der Waals surface area contributed by atoms with Gasteiger partial charge in [-0.25, -0.2) is 0 Å². The highest BCUT2D eigenvalue weighted by Crippen LogP contribution is 2.38. The molecule has 2 amide bonds. The van der Waals surface area contributed by atoms with Crippen LogP contribution in [0.1, 0.15) is 32.1 Å². The molecule has 0 N–H and O–H groups in total. The monoisotopic (exact) mass is 726 g/mol. The summed E-state index contributed by atoms with van der Waals surface area (Å²) in [5.74, 6) is -0.210. The molecular formula is C47H46N2O2Si2. The minimum Gasteiger partial charge on any atom is -0.324 e. The minimum absolute atomic E-state index is 0.0432. The Balaban J connectivity index is 1.43. The van der Waals surface area contributed by atoms with Crippen molar-refractivity contribution in [3.05, 3.63) is 182 Å². The van der Waals surface area contributed by atoms with Gasteiger partial charge >= 0.3 is 0 Å². The Kier molecular flexibility index (Phi) is 10.2. The fourth-order valence-corrected chi connectivity index (χ4v) is 22.7. The zero-order valence-corrected chi connectivity index (χ0v) is 32.1. The lowest BCUT2D eigenvalue weighted by Gasteiger charge is -2.54. The Morgan fingerprint density at radius 2 is 0.698 bits per heavy atom. The van der Waals surface area contributed by atoms with Crippen molar-refractivity contribution in [2.75, 3.05) is 13.1 Å². The van der Waals surface area contributed by atoms with E-state index < -0.39 is 16.5 Å². The number of rotatable bonds is 12. The third-order valence-electron chi connectivity index (χ3n) is 11.7. The molecule has 2 atom stereocenters. The van der Waals surface area contributed by atoms with Gasteiger partial charge in [-0.2, -0.15) is 0 Å². The third-order valence-corrected chi connectivity index (χ3v) is 22.7. The van der Waals surface area contributed by atoms with Crippen molar-refractivity contribution >= 4 is 59.4 Å². The molecule has 2 unspecified atom stereocenters. The molecule has 8 rings (SSSR count). The summed E-state index contributed by atoms with van der Waals surface area (Å²) in [5.41, 5.74) is 0. The number of carbonyl (C=O) groups excluding carboxylic acids is 2. The number of nitrogens with zero attached hydrogens (tertiary/aromatic N) is 2. The van der Waals surface area contributed by atoms with Gasteiger partial charge in [0.25, 0.3) is 0 Å². The Bertz CT molecular complexity index is 1770. The molecule has 0 bridgehead atoms. The first-order valence-corrected chi connectivity index (χ1v) is 23.0. The maximum atomic E-state index is 13.9. The van der Waals surface area contributed by atoms with Crippen LogP contribution in [0.15, 0.2) is 182 Å². The maximum absolute atomic E-state index is 13.9. The van der Waals surface area contributed by atoms with E-state index in [4.69, 9.17) is 0 Å². The molecular weight excluding hydrogens is 681 g/mol. The standard InChI is InChI=1S/C47H46N2O2Si2/c50-46-44-34-19-20-35-45(44)47(51)48(46)36-21-37-49(52(38-22-7-1-8-23-38,39-24-9-2-10-25-39)40-26-11-3-12-27-40)53(41-28-13-4-14-29-41,42-30-15-5-16-31-42)43-32-17-6-18-33-43/h1-18,22-33,44-45H,19-21,34-37H2. The Morgan fingerprint density at radius 1 is 0.434 bits per heavy atom. The van der Waals surface area contributed by atoms with Gasteiger partial charge in [-0.15, -0.1) is 0 Å². The van der Waals surface area contributed by atoms with Crippen molar-refractivity contribution in [3.63, 3.8) is 0 Å². The molecule has 0 aromatic heterocycles. The largest absolute Gasteiger partial charge is 0.324 e. The highest BCUT2D eigenvalue weighted by molar-refractivity contribution is 7.22. The van der Waals surface area contributed by atoms with Crippen LogP contribution in [0, 0.1) is 11.8 Å². The Hall–Kier alpha value is -5.15. The average molecular weight is 727 g/mol. The van der Waals surface area contributed by atoms with Crippen LogP contribution in [0.25, 0.3) is 0 Å². The number of carbonyl (C=O) groups is 2. The zero-order chi connectivity index (χ0) is 36.1. The van der Waals surface area contributed by atoms with Crippen molar-refractivity contribution < 1.29 is 9.59 Å². The van der Waals surface area contributed by atoms with Gasteiger partial charge < -0.3 is 4.23 Å². The van der Waals surface area contributed by atoms with Crippen LogP contribution in [-0.2, 0) is 9.59 Å². The number of amides is 2. The number of hydrogen-bond acceptors (Lipinski definition) is 3. The van der Waals surface area contributed by atoms with Crippen LogP contribution >= 0.6 is 0 Å². The molecule has 0 radical (unpaired) electrons. The zero-order valence-electron chi connectivity index (χ0n) is 30.1. The first-order valence-electron chi connectivity index (χ1n) is 19.1. The third kappa shape index (κ3) is 6.15. The Labute approximate surface area is 315 Å². The van der Waals surface area contributed by atoms with E-state index in [1.54, 1.807) is 4.90 Å². The highest BCUT2D eigenvalue weighted by atomic mass is 28.4. The van der Waals surface area contributed by atoms with Crippen molar-refractivity contribution in [2.45, 2.75) is 32.1 Å². The van der Waals surface area contributed by atoms with Crippen LogP contribution in [0.4, 0.5) is 0 Å². The fraction of sp³-hybridized carbons (Fsp3) is 0.191. The van der Waals surface area contributed by atoms with E-state index in [0.29, 0.717) is 19.5 Å². The molecule has 2 fully saturated rings. The van der Waals surface area contributed by atoms with Gasteiger partial charge in [-0.1, -0.05) is 195 Å². The lowest BCUT2D eigenvalue weighted by atomic mass is 9.81. The topological polar surface area (TPSA) is 40.6 Å². The molecule has 6 heteroatoms. The molecule has 1 saturated carbocycles. The van der Waals surface area contributed by atoms with E-state index in [1.807, 2.05) is 0 Å². The van der Waals surface area contributed by atoms with Crippen molar-refractivity contribution in [3.8, 4) is 0 Å². The summed E-state index contributed by atoms with van der Waals surface area (Å²) in [6, 6.07) is 66.8. The summed E-state index contributed by atoms with van der Waals surface area (Å²) in [6.07, 6.45) is 4.38. The van der Waals surface area contributed by atoms with Crippen LogP contribution in [0.2, 0.25) is 0 Å². The Morgan fingerprint density at radius 3 is 0.962 bits per heavy atom. The molecule has 1 aliphatic carbocycles. The van der Waals surface area contributed by atoms with E-state index in [2.05, 4.69) is 186 Å². The number of likely N-dealkylation sites (tertiary alicyclic amines) is 1. The first-order chi connectivity index (χ1) is 26.2. The second kappa shape index (κ2) is 15.4. The van der Waals surface area contributed by atoms with Crippen molar-refractivity contribution in [1.29, 1.82) is 0 Å². The SMILES string of the molecule is O=C1C2CCCCC2C(=O)N1CCCN([Si](c1ccccc1)(c1ccccc1)c1ccccc1)[Si](c1ccccc1)(c1ccccc1)c1ccccc1. The van der Waals surface area contributed by atoms with Crippen LogP contribution < -0.4 is 31.1 Å². The van der Waals surface area contributed by atoms with E-state index >= 15 is 0 Å². The summed E-state index contributed by atoms with van der Waals surface area (Å²) in [6.45, 7) is 1.11. The van der Waals surface area contributed by atoms with E-state index in [1.165, 1.54) is 31.1 Å².